The third kappa shape index (κ3) is 3.28. The van der Waals surface area contributed by atoms with Gasteiger partial charge in [0.05, 0.1) is 5.02 Å². The molecule has 0 saturated carbocycles. The molecule has 2 unspecified atom stereocenters. The minimum absolute atomic E-state index is 0.252. The number of anilines is 1. The van der Waals surface area contributed by atoms with Gasteiger partial charge >= 0.3 is 0 Å². The molecule has 3 N–H and O–H groups in total. The average molecular weight is 293 g/mol. The van der Waals surface area contributed by atoms with Crippen LogP contribution in [0.2, 0.25) is 5.02 Å². The fourth-order valence-electron chi connectivity index (χ4n) is 2.06. The molecule has 5 heteroatoms. The molecule has 0 amide bonds. The highest BCUT2D eigenvalue weighted by molar-refractivity contribution is 6.30. The summed E-state index contributed by atoms with van der Waals surface area (Å²) >= 11 is 5.92. The number of aliphatic hydroxyl groups excluding tert-OH is 1. The number of nitrogen functional groups attached to an aromatic ring is 1. The monoisotopic (exact) mass is 292 g/mol. The highest BCUT2D eigenvalue weighted by atomic mass is 35.5. The number of nitrogens with two attached hydrogens (primary N) is 1. The SMILES string of the molecule is CCOC(c1ccccc1)C(O)c1cc(Cl)cnc1N. The predicted molar refractivity (Wildman–Crippen MR) is 79.4 cm³/mol. The maximum absolute atomic E-state index is 10.6. The Kier molecular flexibility index (Phi) is 4.95. The van der Waals surface area contributed by atoms with Crippen molar-refractivity contribution in [3.05, 3.63) is 58.7 Å². The minimum Gasteiger partial charge on any atom is -0.385 e. The Balaban J connectivity index is 2.36. The smallest absolute Gasteiger partial charge is 0.129 e. The zero-order chi connectivity index (χ0) is 14.5. The third-order valence-corrected chi connectivity index (χ3v) is 3.20. The molecule has 0 spiro atoms. The molecule has 2 aromatic rings. The maximum atomic E-state index is 10.6. The Morgan fingerprint density at radius 1 is 1.35 bits per heavy atom. The number of nitrogens with zero attached hydrogens (tertiary/aromatic N) is 1. The molecule has 1 aromatic heterocycles. The van der Waals surface area contributed by atoms with Crippen molar-refractivity contribution >= 4 is 17.4 Å². The molecular formula is C15H17ClN2O2. The molecule has 0 aliphatic carbocycles. The third-order valence-electron chi connectivity index (χ3n) is 3.00. The fourth-order valence-corrected chi connectivity index (χ4v) is 2.22. The van der Waals surface area contributed by atoms with Gasteiger partial charge in [-0.25, -0.2) is 4.98 Å². The van der Waals surface area contributed by atoms with Gasteiger partial charge in [0.15, 0.2) is 0 Å². The number of hydrogen-bond donors (Lipinski definition) is 2. The first-order valence-electron chi connectivity index (χ1n) is 6.39. The van der Waals surface area contributed by atoms with E-state index in [1.165, 1.54) is 6.20 Å². The average Bonchev–Trinajstić information content (AvgIpc) is 2.47. The molecule has 0 saturated heterocycles. The van der Waals surface area contributed by atoms with Crippen LogP contribution in [0.25, 0.3) is 0 Å². The number of aromatic nitrogens is 1. The van der Waals surface area contributed by atoms with E-state index >= 15 is 0 Å². The van der Waals surface area contributed by atoms with Gasteiger partial charge in [-0.2, -0.15) is 0 Å². The van der Waals surface area contributed by atoms with Crippen molar-refractivity contribution in [2.45, 2.75) is 19.1 Å². The van der Waals surface area contributed by atoms with E-state index in [2.05, 4.69) is 4.98 Å². The van der Waals surface area contributed by atoms with Crippen molar-refractivity contribution in [3.63, 3.8) is 0 Å². The summed E-state index contributed by atoms with van der Waals surface area (Å²) in [5.74, 6) is 0.252. The number of benzene rings is 1. The van der Waals surface area contributed by atoms with Crippen LogP contribution in [-0.4, -0.2) is 16.7 Å². The molecule has 2 rings (SSSR count). The number of hydrogen-bond acceptors (Lipinski definition) is 4. The van der Waals surface area contributed by atoms with E-state index in [0.717, 1.165) is 5.56 Å². The van der Waals surface area contributed by atoms with Crippen molar-refractivity contribution in [3.8, 4) is 0 Å². The minimum atomic E-state index is -0.927. The summed E-state index contributed by atoms with van der Waals surface area (Å²) in [7, 11) is 0. The molecule has 106 valence electrons. The van der Waals surface area contributed by atoms with Gasteiger partial charge in [-0.05, 0) is 18.6 Å². The largest absolute Gasteiger partial charge is 0.385 e. The normalized spacial score (nSPS) is 13.9. The predicted octanol–water partition coefficient (Wildman–Crippen LogP) is 3.13. The first-order valence-corrected chi connectivity index (χ1v) is 6.76. The van der Waals surface area contributed by atoms with E-state index in [4.69, 9.17) is 22.1 Å². The first-order chi connectivity index (χ1) is 9.63. The molecule has 0 fully saturated rings. The van der Waals surface area contributed by atoms with Crippen molar-refractivity contribution in [1.82, 2.24) is 4.98 Å². The molecule has 0 bridgehead atoms. The molecule has 0 aliphatic rings. The Bertz CT molecular complexity index is 563. The lowest BCUT2D eigenvalue weighted by molar-refractivity contribution is -0.0359. The van der Waals surface area contributed by atoms with Gasteiger partial charge in [-0.3, -0.25) is 0 Å². The van der Waals surface area contributed by atoms with Crippen LogP contribution in [0.15, 0.2) is 42.6 Å². The summed E-state index contributed by atoms with van der Waals surface area (Å²) < 4.78 is 5.66. The van der Waals surface area contributed by atoms with E-state index in [9.17, 15) is 5.11 Å². The van der Waals surface area contributed by atoms with Gasteiger partial charge in [-0.15, -0.1) is 0 Å². The molecule has 4 nitrogen and oxygen atoms in total. The summed E-state index contributed by atoms with van der Waals surface area (Å²) in [5.41, 5.74) is 7.17. The zero-order valence-corrected chi connectivity index (χ0v) is 11.9. The van der Waals surface area contributed by atoms with Crippen LogP contribution in [0, 0.1) is 0 Å². The van der Waals surface area contributed by atoms with Gasteiger partial charge in [-0.1, -0.05) is 41.9 Å². The summed E-state index contributed by atoms with van der Waals surface area (Å²) in [4.78, 5) is 3.97. The molecule has 20 heavy (non-hydrogen) atoms. The Morgan fingerprint density at radius 2 is 2.05 bits per heavy atom. The molecule has 0 aliphatic heterocycles. The second kappa shape index (κ2) is 6.70. The Morgan fingerprint density at radius 3 is 2.70 bits per heavy atom. The van der Waals surface area contributed by atoms with Crippen molar-refractivity contribution in [2.75, 3.05) is 12.3 Å². The van der Waals surface area contributed by atoms with Crippen LogP contribution >= 0.6 is 11.6 Å². The summed E-state index contributed by atoms with van der Waals surface area (Å²) in [5, 5.41) is 11.0. The van der Waals surface area contributed by atoms with E-state index in [1.807, 2.05) is 37.3 Å². The van der Waals surface area contributed by atoms with Crippen LogP contribution in [-0.2, 0) is 4.74 Å². The standard InChI is InChI=1S/C15H17ClN2O2/c1-2-20-14(10-6-4-3-5-7-10)13(19)12-8-11(16)9-18-15(12)17/h3-9,13-14,19H,2H2,1H3,(H2,17,18). The van der Waals surface area contributed by atoms with E-state index in [0.29, 0.717) is 17.2 Å². The molecular weight excluding hydrogens is 276 g/mol. The van der Waals surface area contributed by atoms with Gasteiger partial charge in [0.1, 0.15) is 18.0 Å². The van der Waals surface area contributed by atoms with E-state index < -0.39 is 12.2 Å². The lowest BCUT2D eigenvalue weighted by Crippen LogP contribution is -2.16. The second-order valence-corrected chi connectivity index (χ2v) is 4.80. The summed E-state index contributed by atoms with van der Waals surface area (Å²) in [6, 6.07) is 11.1. The summed E-state index contributed by atoms with van der Waals surface area (Å²) in [6.45, 7) is 2.35. The lowest BCUT2D eigenvalue weighted by atomic mass is 9.98. The number of ether oxygens (including phenoxy) is 1. The van der Waals surface area contributed by atoms with Crippen LogP contribution in [0.4, 0.5) is 5.82 Å². The van der Waals surface area contributed by atoms with Gasteiger partial charge in [0, 0.05) is 18.4 Å². The summed E-state index contributed by atoms with van der Waals surface area (Å²) in [6.07, 6.45) is 0.0120. The Hall–Kier alpha value is -1.62. The maximum Gasteiger partial charge on any atom is 0.129 e. The first kappa shape index (κ1) is 14.8. The fraction of sp³-hybridized carbons (Fsp3) is 0.267. The lowest BCUT2D eigenvalue weighted by Gasteiger charge is -2.24. The number of pyridine rings is 1. The van der Waals surface area contributed by atoms with E-state index in [-0.39, 0.29) is 5.82 Å². The van der Waals surface area contributed by atoms with Crippen LogP contribution in [0.3, 0.4) is 0 Å². The van der Waals surface area contributed by atoms with Gasteiger partial charge in [0.25, 0.3) is 0 Å². The zero-order valence-electron chi connectivity index (χ0n) is 11.2. The van der Waals surface area contributed by atoms with Crippen LogP contribution in [0.5, 0.6) is 0 Å². The second-order valence-electron chi connectivity index (χ2n) is 4.36. The molecule has 1 aromatic carbocycles. The highest BCUT2D eigenvalue weighted by Crippen LogP contribution is 2.34. The topological polar surface area (TPSA) is 68.4 Å². The number of aliphatic hydroxyl groups is 1. The van der Waals surface area contributed by atoms with Crippen LogP contribution < -0.4 is 5.73 Å². The highest BCUT2D eigenvalue weighted by Gasteiger charge is 2.25. The molecule has 0 radical (unpaired) electrons. The van der Waals surface area contributed by atoms with Gasteiger partial charge < -0.3 is 15.6 Å². The number of halogens is 1. The van der Waals surface area contributed by atoms with Crippen molar-refractivity contribution in [2.24, 2.45) is 0 Å². The quantitative estimate of drug-likeness (QED) is 0.888. The van der Waals surface area contributed by atoms with Crippen LogP contribution in [0.1, 0.15) is 30.3 Å². The number of rotatable bonds is 5. The van der Waals surface area contributed by atoms with Gasteiger partial charge in [0.2, 0.25) is 0 Å². The molecule has 2 atom stereocenters. The molecule has 1 heterocycles. The van der Waals surface area contributed by atoms with E-state index in [1.54, 1.807) is 6.07 Å². The Labute approximate surface area is 123 Å². The van der Waals surface area contributed by atoms with Crippen molar-refractivity contribution < 1.29 is 9.84 Å². The van der Waals surface area contributed by atoms with Crippen molar-refractivity contribution in [1.29, 1.82) is 0 Å².